The average molecular weight is 331 g/mol. The standard InChI is InChI=1S/C18H29N5O/c1-14-19-16(18(24)21-15-7-5-3-4-6-8-15)13-17(20-14)23-11-9-22(2)10-12-23/h13,15H,3-12H2,1-2H3,(H,21,24). The summed E-state index contributed by atoms with van der Waals surface area (Å²) >= 11 is 0. The van der Waals surface area contributed by atoms with Gasteiger partial charge in [0.1, 0.15) is 17.3 Å². The number of amides is 1. The minimum atomic E-state index is -0.0530. The molecule has 0 atom stereocenters. The minimum absolute atomic E-state index is 0.0530. The molecule has 2 aliphatic rings. The molecule has 132 valence electrons. The molecular weight excluding hydrogens is 302 g/mol. The first kappa shape index (κ1) is 17.1. The van der Waals surface area contributed by atoms with Gasteiger partial charge in [0.25, 0.3) is 5.91 Å². The first-order chi connectivity index (χ1) is 11.6. The molecule has 6 heteroatoms. The monoisotopic (exact) mass is 331 g/mol. The molecule has 1 aliphatic heterocycles. The number of hydrogen-bond donors (Lipinski definition) is 1. The third kappa shape index (κ3) is 4.44. The van der Waals surface area contributed by atoms with Crippen LogP contribution in [0.25, 0.3) is 0 Å². The lowest BCUT2D eigenvalue weighted by Crippen LogP contribution is -2.45. The highest BCUT2D eigenvalue weighted by Crippen LogP contribution is 2.19. The van der Waals surface area contributed by atoms with Crippen molar-refractivity contribution < 1.29 is 4.79 Å². The van der Waals surface area contributed by atoms with Crippen molar-refractivity contribution in [1.82, 2.24) is 20.2 Å². The van der Waals surface area contributed by atoms with Gasteiger partial charge in [0.15, 0.2) is 0 Å². The molecule has 1 aromatic heterocycles. The number of nitrogens with zero attached hydrogens (tertiary/aromatic N) is 4. The largest absolute Gasteiger partial charge is 0.354 e. The summed E-state index contributed by atoms with van der Waals surface area (Å²) in [4.78, 5) is 26.1. The molecular formula is C18H29N5O. The van der Waals surface area contributed by atoms with Crippen LogP contribution in [-0.4, -0.2) is 60.0 Å². The summed E-state index contributed by atoms with van der Waals surface area (Å²) in [5, 5.41) is 3.18. The van der Waals surface area contributed by atoms with E-state index in [-0.39, 0.29) is 5.91 Å². The number of aromatic nitrogens is 2. The Labute approximate surface area is 144 Å². The van der Waals surface area contributed by atoms with Gasteiger partial charge in [0, 0.05) is 38.3 Å². The number of nitrogens with one attached hydrogen (secondary N) is 1. The maximum absolute atomic E-state index is 12.6. The highest BCUT2D eigenvalue weighted by Gasteiger charge is 2.20. The highest BCUT2D eigenvalue weighted by molar-refractivity contribution is 5.93. The number of carbonyl (C=O) groups is 1. The normalized spacial score (nSPS) is 20.7. The van der Waals surface area contributed by atoms with Gasteiger partial charge in [-0.1, -0.05) is 25.7 Å². The van der Waals surface area contributed by atoms with Crippen LogP contribution in [0.1, 0.15) is 54.8 Å². The number of likely N-dealkylation sites (N-methyl/N-ethyl adjacent to an activating group) is 1. The van der Waals surface area contributed by atoms with Crippen LogP contribution in [0.4, 0.5) is 5.82 Å². The summed E-state index contributed by atoms with van der Waals surface area (Å²) in [6.45, 7) is 5.79. The Morgan fingerprint density at radius 1 is 1.08 bits per heavy atom. The quantitative estimate of drug-likeness (QED) is 0.858. The summed E-state index contributed by atoms with van der Waals surface area (Å²) in [6.07, 6.45) is 7.15. The molecule has 0 bridgehead atoms. The van der Waals surface area contributed by atoms with Gasteiger partial charge >= 0.3 is 0 Å². The van der Waals surface area contributed by atoms with Crippen molar-refractivity contribution in [3.63, 3.8) is 0 Å². The third-order valence-electron chi connectivity index (χ3n) is 5.07. The van der Waals surface area contributed by atoms with E-state index < -0.39 is 0 Å². The lowest BCUT2D eigenvalue weighted by atomic mass is 10.1. The van der Waals surface area contributed by atoms with Gasteiger partial charge in [-0.05, 0) is 26.8 Å². The Balaban J connectivity index is 1.69. The van der Waals surface area contributed by atoms with Crippen LogP contribution in [0.15, 0.2) is 6.07 Å². The van der Waals surface area contributed by atoms with Gasteiger partial charge in [-0.3, -0.25) is 4.79 Å². The summed E-state index contributed by atoms with van der Waals surface area (Å²) in [5.41, 5.74) is 0.501. The topological polar surface area (TPSA) is 61.4 Å². The van der Waals surface area contributed by atoms with E-state index in [0.717, 1.165) is 44.8 Å². The summed E-state index contributed by atoms with van der Waals surface area (Å²) in [7, 11) is 2.13. The number of carbonyl (C=O) groups excluding carboxylic acids is 1. The molecule has 24 heavy (non-hydrogen) atoms. The lowest BCUT2D eigenvalue weighted by molar-refractivity contribution is 0.0928. The summed E-state index contributed by atoms with van der Waals surface area (Å²) in [5.74, 6) is 1.49. The summed E-state index contributed by atoms with van der Waals surface area (Å²) < 4.78 is 0. The van der Waals surface area contributed by atoms with Crippen molar-refractivity contribution >= 4 is 11.7 Å². The SMILES string of the molecule is Cc1nc(C(=O)NC2CCCCCC2)cc(N2CCN(C)CC2)n1. The van der Waals surface area contributed by atoms with Crippen molar-refractivity contribution in [3.8, 4) is 0 Å². The van der Waals surface area contributed by atoms with Crippen LogP contribution < -0.4 is 10.2 Å². The van der Waals surface area contributed by atoms with E-state index in [4.69, 9.17) is 0 Å². The second kappa shape index (κ2) is 7.92. The van der Waals surface area contributed by atoms with E-state index in [9.17, 15) is 4.79 Å². The molecule has 1 saturated carbocycles. The van der Waals surface area contributed by atoms with E-state index in [0.29, 0.717) is 17.6 Å². The Morgan fingerprint density at radius 3 is 2.42 bits per heavy atom. The van der Waals surface area contributed by atoms with Gasteiger partial charge in [-0.2, -0.15) is 0 Å². The predicted molar refractivity (Wildman–Crippen MR) is 95.4 cm³/mol. The van der Waals surface area contributed by atoms with Crippen LogP contribution in [0.2, 0.25) is 0 Å². The van der Waals surface area contributed by atoms with Gasteiger partial charge in [0.2, 0.25) is 0 Å². The number of piperazine rings is 1. The first-order valence-corrected chi connectivity index (χ1v) is 9.22. The van der Waals surface area contributed by atoms with Crippen molar-refractivity contribution in [2.24, 2.45) is 0 Å². The zero-order valence-corrected chi connectivity index (χ0v) is 14.9. The summed E-state index contributed by atoms with van der Waals surface area (Å²) in [6, 6.07) is 2.15. The molecule has 1 amide bonds. The van der Waals surface area contributed by atoms with Crippen molar-refractivity contribution in [1.29, 1.82) is 0 Å². The highest BCUT2D eigenvalue weighted by atomic mass is 16.1. The Kier molecular flexibility index (Phi) is 5.66. The maximum atomic E-state index is 12.6. The number of aryl methyl sites for hydroxylation is 1. The zero-order valence-electron chi connectivity index (χ0n) is 14.9. The average Bonchev–Trinajstić information content (AvgIpc) is 2.83. The van der Waals surface area contributed by atoms with Crippen molar-refractivity contribution in [2.75, 3.05) is 38.1 Å². The molecule has 1 aliphatic carbocycles. The number of hydrogen-bond acceptors (Lipinski definition) is 5. The maximum Gasteiger partial charge on any atom is 0.270 e. The van der Waals surface area contributed by atoms with E-state index in [1.54, 1.807) is 0 Å². The van der Waals surface area contributed by atoms with Crippen LogP contribution in [0.3, 0.4) is 0 Å². The van der Waals surface area contributed by atoms with Gasteiger partial charge in [-0.25, -0.2) is 9.97 Å². The Bertz CT molecular complexity index is 561. The molecule has 2 fully saturated rings. The molecule has 3 rings (SSSR count). The van der Waals surface area contributed by atoms with E-state index in [1.807, 2.05) is 13.0 Å². The van der Waals surface area contributed by atoms with Crippen LogP contribution >= 0.6 is 0 Å². The van der Waals surface area contributed by atoms with Gasteiger partial charge in [0.05, 0.1) is 0 Å². The fourth-order valence-electron chi connectivity index (χ4n) is 3.55. The minimum Gasteiger partial charge on any atom is -0.354 e. The molecule has 0 radical (unpaired) electrons. The van der Waals surface area contributed by atoms with E-state index in [1.165, 1.54) is 25.7 Å². The molecule has 6 nitrogen and oxygen atoms in total. The van der Waals surface area contributed by atoms with Crippen molar-refractivity contribution in [3.05, 3.63) is 17.6 Å². The fraction of sp³-hybridized carbons (Fsp3) is 0.722. The molecule has 1 N–H and O–H groups in total. The third-order valence-corrected chi connectivity index (χ3v) is 5.07. The van der Waals surface area contributed by atoms with E-state index >= 15 is 0 Å². The Hall–Kier alpha value is -1.69. The number of anilines is 1. The lowest BCUT2D eigenvalue weighted by Gasteiger charge is -2.33. The predicted octanol–water partition coefficient (Wildman–Crippen LogP) is 1.99. The molecule has 1 saturated heterocycles. The van der Waals surface area contributed by atoms with Crippen LogP contribution in [-0.2, 0) is 0 Å². The molecule has 1 aromatic rings. The molecule has 0 aromatic carbocycles. The molecule has 0 unspecified atom stereocenters. The van der Waals surface area contributed by atoms with Crippen molar-refractivity contribution in [2.45, 2.75) is 51.5 Å². The van der Waals surface area contributed by atoms with Gasteiger partial charge < -0.3 is 15.1 Å². The Morgan fingerprint density at radius 2 is 1.75 bits per heavy atom. The van der Waals surface area contributed by atoms with E-state index in [2.05, 4.69) is 32.1 Å². The zero-order chi connectivity index (χ0) is 16.9. The molecule has 0 spiro atoms. The van der Waals surface area contributed by atoms with Gasteiger partial charge in [-0.15, -0.1) is 0 Å². The second-order valence-corrected chi connectivity index (χ2v) is 7.11. The number of rotatable bonds is 3. The van der Waals surface area contributed by atoms with Crippen LogP contribution in [0.5, 0.6) is 0 Å². The fourth-order valence-corrected chi connectivity index (χ4v) is 3.55. The first-order valence-electron chi connectivity index (χ1n) is 9.22. The molecule has 2 heterocycles. The van der Waals surface area contributed by atoms with Crippen LogP contribution in [0, 0.1) is 6.92 Å². The second-order valence-electron chi connectivity index (χ2n) is 7.11. The smallest absolute Gasteiger partial charge is 0.270 e.